The van der Waals surface area contributed by atoms with Gasteiger partial charge in [-0.15, -0.1) is 0 Å². The molecule has 0 aliphatic carbocycles. The summed E-state index contributed by atoms with van der Waals surface area (Å²) in [4.78, 5) is 12.0. The summed E-state index contributed by atoms with van der Waals surface area (Å²) in [7, 11) is 0. The summed E-state index contributed by atoms with van der Waals surface area (Å²) >= 11 is 5.88. The van der Waals surface area contributed by atoms with Gasteiger partial charge in [0, 0.05) is 5.92 Å². The van der Waals surface area contributed by atoms with Crippen molar-refractivity contribution in [3.8, 4) is 6.07 Å². The van der Waals surface area contributed by atoms with Crippen LogP contribution in [0, 0.1) is 17.1 Å². The molecule has 0 amide bonds. The van der Waals surface area contributed by atoms with Gasteiger partial charge in [-0.3, -0.25) is 4.79 Å². The zero-order valence-electron chi connectivity index (χ0n) is 13.2. The lowest BCUT2D eigenvalue weighted by atomic mass is 9.80. The molecule has 0 saturated carbocycles. The third kappa shape index (κ3) is 4.33. The van der Waals surface area contributed by atoms with Crippen molar-refractivity contribution in [2.24, 2.45) is 0 Å². The van der Waals surface area contributed by atoms with E-state index in [0.29, 0.717) is 5.56 Å². The largest absolute Gasteiger partial charge is 0.466 e. The van der Waals surface area contributed by atoms with Gasteiger partial charge in [0.05, 0.1) is 30.0 Å². The fourth-order valence-corrected chi connectivity index (χ4v) is 2.82. The summed E-state index contributed by atoms with van der Waals surface area (Å²) in [5.74, 6) is -1.99. The van der Waals surface area contributed by atoms with E-state index in [1.165, 1.54) is 12.1 Å². The van der Waals surface area contributed by atoms with Crippen molar-refractivity contribution in [3.63, 3.8) is 0 Å². The number of hydrogen-bond acceptors (Lipinski definition) is 3. The minimum atomic E-state index is -0.572. The van der Waals surface area contributed by atoms with Crippen LogP contribution in [0.4, 0.5) is 4.39 Å². The zero-order chi connectivity index (χ0) is 17.5. The quantitative estimate of drug-likeness (QED) is 0.705. The molecule has 0 N–H and O–H groups in total. The van der Waals surface area contributed by atoms with E-state index in [4.69, 9.17) is 16.3 Å². The number of benzene rings is 2. The molecule has 2 aromatic carbocycles. The first-order chi connectivity index (χ1) is 11.6. The highest BCUT2D eigenvalue weighted by molar-refractivity contribution is 6.30. The first kappa shape index (κ1) is 18.0. The summed E-state index contributed by atoms with van der Waals surface area (Å²) < 4.78 is 18.5. The van der Waals surface area contributed by atoms with Crippen LogP contribution in [0.2, 0.25) is 5.02 Å². The second kappa shape index (κ2) is 8.47. The van der Waals surface area contributed by atoms with Gasteiger partial charge in [-0.2, -0.15) is 5.26 Å². The van der Waals surface area contributed by atoms with Crippen molar-refractivity contribution in [1.29, 1.82) is 5.26 Å². The number of ether oxygens (including phenoxy) is 1. The number of esters is 1. The van der Waals surface area contributed by atoms with E-state index in [0.717, 1.165) is 5.56 Å². The lowest BCUT2D eigenvalue weighted by molar-refractivity contribution is -0.143. The van der Waals surface area contributed by atoms with Gasteiger partial charge in [0.15, 0.2) is 0 Å². The molecule has 124 valence electrons. The van der Waals surface area contributed by atoms with Crippen LogP contribution in [-0.4, -0.2) is 12.6 Å². The van der Waals surface area contributed by atoms with Crippen molar-refractivity contribution < 1.29 is 13.9 Å². The molecular weight excluding hydrogens is 329 g/mol. The molecule has 0 aliphatic rings. The monoisotopic (exact) mass is 345 g/mol. The Morgan fingerprint density at radius 1 is 1.25 bits per heavy atom. The third-order valence-corrected chi connectivity index (χ3v) is 4.05. The zero-order valence-corrected chi connectivity index (χ0v) is 14.0. The van der Waals surface area contributed by atoms with Crippen molar-refractivity contribution in [3.05, 3.63) is 70.5 Å². The highest BCUT2D eigenvalue weighted by atomic mass is 35.5. The molecule has 0 spiro atoms. The summed E-state index contributed by atoms with van der Waals surface area (Å²) in [6, 6.07) is 15.7. The number of nitrogens with zero attached hydrogens (tertiary/aromatic N) is 1. The lowest BCUT2D eigenvalue weighted by Crippen LogP contribution is -2.16. The SMILES string of the molecule is CCOC(=O)CC(c1ccc(F)c(Cl)c1)C(C#N)c1ccccc1. The molecule has 24 heavy (non-hydrogen) atoms. The maximum absolute atomic E-state index is 13.5. The molecule has 0 fully saturated rings. The van der Waals surface area contributed by atoms with Crippen molar-refractivity contribution in [2.75, 3.05) is 6.61 Å². The average molecular weight is 346 g/mol. The first-order valence-corrected chi connectivity index (χ1v) is 7.99. The van der Waals surface area contributed by atoms with Crippen LogP contribution in [0.5, 0.6) is 0 Å². The van der Waals surface area contributed by atoms with Gasteiger partial charge in [-0.05, 0) is 30.2 Å². The average Bonchev–Trinajstić information content (AvgIpc) is 2.58. The molecule has 0 aliphatic heterocycles. The predicted molar refractivity (Wildman–Crippen MR) is 90.2 cm³/mol. The summed E-state index contributed by atoms with van der Waals surface area (Å²) in [5.41, 5.74) is 1.42. The molecule has 0 radical (unpaired) electrons. The van der Waals surface area contributed by atoms with Gasteiger partial charge in [-0.1, -0.05) is 48.0 Å². The lowest BCUT2D eigenvalue weighted by Gasteiger charge is -2.22. The smallest absolute Gasteiger partial charge is 0.306 e. The molecule has 0 aromatic heterocycles. The second-order valence-electron chi connectivity index (χ2n) is 5.31. The summed E-state index contributed by atoms with van der Waals surface area (Å²) in [6.45, 7) is 1.99. The van der Waals surface area contributed by atoms with Gasteiger partial charge in [0.2, 0.25) is 0 Å². The topological polar surface area (TPSA) is 50.1 Å². The predicted octanol–water partition coefficient (Wildman–Crippen LogP) is 4.82. The fourth-order valence-electron chi connectivity index (χ4n) is 2.63. The Bertz CT molecular complexity index is 743. The Morgan fingerprint density at radius 3 is 2.54 bits per heavy atom. The maximum Gasteiger partial charge on any atom is 0.306 e. The van der Waals surface area contributed by atoms with E-state index in [2.05, 4.69) is 6.07 Å². The van der Waals surface area contributed by atoms with Crippen LogP contribution in [0.15, 0.2) is 48.5 Å². The van der Waals surface area contributed by atoms with Gasteiger partial charge in [0.25, 0.3) is 0 Å². The highest BCUT2D eigenvalue weighted by Gasteiger charge is 2.28. The number of carbonyl (C=O) groups is 1. The van der Waals surface area contributed by atoms with Gasteiger partial charge < -0.3 is 4.74 Å². The first-order valence-electron chi connectivity index (χ1n) is 7.62. The van der Waals surface area contributed by atoms with E-state index >= 15 is 0 Å². The van der Waals surface area contributed by atoms with Crippen LogP contribution in [-0.2, 0) is 9.53 Å². The normalized spacial score (nSPS) is 12.9. The summed E-state index contributed by atoms with van der Waals surface area (Å²) in [5, 5.41) is 9.63. The standard InChI is InChI=1S/C19H17ClFNO2/c1-2-24-19(23)11-15(14-8-9-18(21)17(20)10-14)16(12-22)13-6-4-3-5-7-13/h3-10,15-16H,2,11H2,1H3. The van der Waals surface area contributed by atoms with Crippen LogP contribution in [0.25, 0.3) is 0 Å². The van der Waals surface area contributed by atoms with E-state index < -0.39 is 23.6 Å². The van der Waals surface area contributed by atoms with Crippen LogP contribution in [0.1, 0.15) is 36.3 Å². The molecule has 2 unspecified atom stereocenters. The minimum absolute atomic E-state index is 0.0168. The van der Waals surface area contributed by atoms with E-state index in [9.17, 15) is 14.4 Å². The number of hydrogen-bond donors (Lipinski definition) is 0. The fraction of sp³-hybridized carbons (Fsp3) is 0.263. The van der Waals surface area contributed by atoms with Gasteiger partial charge in [-0.25, -0.2) is 4.39 Å². The highest BCUT2D eigenvalue weighted by Crippen LogP contribution is 2.37. The maximum atomic E-state index is 13.5. The van der Waals surface area contributed by atoms with Crippen molar-refractivity contribution >= 4 is 17.6 Å². The molecule has 0 saturated heterocycles. The Kier molecular flexibility index (Phi) is 6.34. The molecule has 5 heteroatoms. The molecule has 2 aromatic rings. The molecule has 2 atom stereocenters. The molecule has 0 heterocycles. The second-order valence-corrected chi connectivity index (χ2v) is 5.71. The number of nitriles is 1. The Hall–Kier alpha value is -2.38. The number of rotatable bonds is 6. The van der Waals surface area contributed by atoms with Crippen LogP contribution < -0.4 is 0 Å². The third-order valence-electron chi connectivity index (χ3n) is 3.76. The van der Waals surface area contributed by atoms with E-state index in [1.54, 1.807) is 13.0 Å². The van der Waals surface area contributed by atoms with Gasteiger partial charge in [0.1, 0.15) is 5.82 Å². The minimum Gasteiger partial charge on any atom is -0.466 e. The Labute approximate surface area is 145 Å². The molecule has 3 nitrogen and oxygen atoms in total. The van der Waals surface area contributed by atoms with E-state index in [1.807, 2.05) is 30.3 Å². The number of carbonyl (C=O) groups excluding carboxylic acids is 1. The number of halogens is 2. The van der Waals surface area contributed by atoms with Crippen molar-refractivity contribution in [1.82, 2.24) is 0 Å². The van der Waals surface area contributed by atoms with E-state index in [-0.39, 0.29) is 18.1 Å². The van der Waals surface area contributed by atoms with Crippen LogP contribution >= 0.6 is 11.6 Å². The molecular formula is C19H17ClFNO2. The Morgan fingerprint density at radius 2 is 1.96 bits per heavy atom. The Balaban J connectivity index is 2.43. The van der Waals surface area contributed by atoms with Crippen molar-refractivity contribution in [2.45, 2.75) is 25.2 Å². The van der Waals surface area contributed by atoms with Crippen LogP contribution in [0.3, 0.4) is 0 Å². The molecule has 0 bridgehead atoms. The van der Waals surface area contributed by atoms with Gasteiger partial charge >= 0.3 is 5.97 Å². The molecule has 2 rings (SSSR count). The summed E-state index contributed by atoms with van der Waals surface area (Å²) in [6.07, 6.45) is 0.0168.